The second kappa shape index (κ2) is 4.53. The first-order valence-corrected chi connectivity index (χ1v) is 5.02. The zero-order valence-corrected chi connectivity index (χ0v) is 8.82. The SMILES string of the molecule is CNC(c1ccc2ncccc2c1)C(F)F. The summed E-state index contributed by atoms with van der Waals surface area (Å²) < 4.78 is 25.4. The van der Waals surface area contributed by atoms with Gasteiger partial charge in [-0.2, -0.15) is 0 Å². The molecule has 2 aromatic rings. The lowest BCUT2D eigenvalue weighted by atomic mass is 10.0. The summed E-state index contributed by atoms with van der Waals surface area (Å²) >= 11 is 0. The predicted molar refractivity (Wildman–Crippen MR) is 59.5 cm³/mol. The fourth-order valence-corrected chi connectivity index (χ4v) is 1.73. The Morgan fingerprint density at radius 3 is 2.75 bits per heavy atom. The van der Waals surface area contributed by atoms with Crippen LogP contribution in [0.15, 0.2) is 36.5 Å². The summed E-state index contributed by atoms with van der Waals surface area (Å²) in [4.78, 5) is 4.14. The predicted octanol–water partition coefficient (Wildman–Crippen LogP) is 2.76. The van der Waals surface area contributed by atoms with Gasteiger partial charge < -0.3 is 5.32 Å². The first kappa shape index (κ1) is 11.0. The number of hydrogen-bond acceptors (Lipinski definition) is 2. The largest absolute Gasteiger partial charge is 0.308 e. The van der Waals surface area contributed by atoms with E-state index in [1.807, 2.05) is 6.07 Å². The maximum atomic E-state index is 12.7. The van der Waals surface area contributed by atoms with Crippen molar-refractivity contribution in [3.05, 3.63) is 42.1 Å². The molecule has 0 radical (unpaired) electrons. The maximum Gasteiger partial charge on any atom is 0.257 e. The molecule has 0 aliphatic carbocycles. The van der Waals surface area contributed by atoms with Crippen molar-refractivity contribution in [2.24, 2.45) is 0 Å². The van der Waals surface area contributed by atoms with Crippen molar-refractivity contribution in [2.45, 2.75) is 12.5 Å². The lowest BCUT2D eigenvalue weighted by molar-refractivity contribution is 0.102. The van der Waals surface area contributed by atoms with Crippen molar-refractivity contribution in [1.82, 2.24) is 10.3 Å². The number of hydrogen-bond donors (Lipinski definition) is 1. The van der Waals surface area contributed by atoms with E-state index < -0.39 is 12.5 Å². The number of pyridine rings is 1. The number of benzene rings is 1. The minimum absolute atomic E-state index is 0.581. The van der Waals surface area contributed by atoms with Gasteiger partial charge in [0.05, 0.1) is 11.6 Å². The van der Waals surface area contributed by atoms with Crippen LogP contribution >= 0.6 is 0 Å². The van der Waals surface area contributed by atoms with Crippen molar-refractivity contribution in [2.75, 3.05) is 7.05 Å². The lowest BCUT2D eigenvalue weighted by Crippen LogP contribution is -2.23. The fourth-order valence-electron chi connectivity index (χ4n) is 1.73. The summed E-state index contributed by atoms with van der Waals surface area (Å²) in [7, 11) is 1.53. The molecule has 0 spiro atoms. The van der Waals surface area contributed by atoms with Gasteiger partial charge in [0.2, 0.25) is 0 Å². The van der Waals surface area contributed by atoms with E-state index in [9.17, 15) is 8.78 Å². The van der Waals surface area contributed by atoms with Crippen LogP contribution < -0.4 is 5.32 Å². The van der Waals surface area contributed by atoms with E-state index in [2.05, 4.69) is 10.3 Å². The molecule has 4 heteroatoms. The third-order valence-corrected chi connectivity index (χ3v) is 2.55. The topological polar surface area (TPSA) is 24.9 Å². The van der Waals surface area contributed by atoms with Gasteiger partial charge in [0.1, 0.15) is 0 Å². The monoisotopic (exact) mass is 222 g/mol. The summed E-state index contributed by atoms with van der Waals surface area (Å²) in [5.41, 5.74) is 1.40. The quantitative estimate of drug-likeness (QED) is 0.863. The zero-order valence-electron chi connectivity index (χ0n) is 8.82. The Balaban J connectivity index is 2.45. The molecule has 0 fully saturated rings. The minimum atomic E-state index is -2.42. The van der Waals surface area contributed by atoms with E-state index in [0.717, 1.165) is 10.9 Å². The number of aromatic nitrogens is 1. The average Bonchev–Trinajstić information content (AvgIpc) is 2.29. The first-order valence-electron chi connectivity index (χ1n) is 5.02. The molecule has 0 saturated heterocycles. The first-order chi connectivity index (χ1) is 7.72. The summed E-state index contributed by atoms with van der Waals surface area (Å²) in [5, 5.41) is 3.49. The van der Waals surface area contributed by atoms with Crippen molar-refractivity contribution < 1.29 is 8.78 Å². The van der Waals surface area contributed by atoms with E-state index in [4.69, 9.17) is 0 Å². The Bertz CT molecular complexity index is 485. The number of nitrogens with one attached hydrogen (secondary N) is 1. The highest BCUT2D eigenvalue weighted by molar-refractivity contribution is 5.79. The molecule has 1 atom stereocenters. The molecule has 0 bridgehead atoms. The van der Waals surface area contributed by atoms with E-state index in [1.165, 1.54) is 7.05 Å². The van der Waals surface area contributed by atoms with Crippen LogP contribution in [0.3, 0.4) is 0 Å². The highest BCUT2D eigenvalue weighted by Gasteiger charge is 2.20. The third-order valence-electron chi connectivity index (χ3n) is 2.55. The normalized spacial score (nSPS) is 13.2. The molecule has 2 nitrogen and oxygen atoms in total. The molecule has 16 heavy (non-hydrogen) atoms. The Kier molecular flexibility index (Phi) is 3.10. The molecular weight excluding hydrogens is 210 g/mol. The minimum Gasteiger partial charge on any atom is -0.308 e. The van der Waals surface area contributed by atoms with Crippen LogP contribution in [0.5, 0.6) is 0 Å². The Hall–Kier alpha value is -1.55. The van der Waals surface area contributed by atoms with Gasteiger partial charge in [-0.1, -0.05) is 12.1 Å². The van der Waals surface area contributed by atoms with Gasteiger partial charge in [0.25, 0.3) is 6.43 Å². The Morgan fingerprint density at radius 2 is 2.06 bits per heavy atom. The van der Waals surface area contributed by atoms with Gasteiger partial charge in [0.15, 0.2) is 0 Å². The number of fused-ring (bicyclic) bond motifs is 1. The second-order valence-electron chi connectivity index (χ2n) is 3.56. The molecule has 1 aromatic heterocycles. The standard InChI is InChI=1S/C12H12F2N2/c1-15-11(12(13)14)9-4-5-10-8(7-9)3-2-6-16-10/h2-7,11-12,15H,1H3. The van der Waals surface area contributed by atoms with Gasteiger partial charge in [-0.3, -0.25) is 4.98 Å². The van der Waals surface area contributed by atoms with Gasteiger partial charge in [-0.15, -0.1) is 0 Å². The molecule has 1 unspecified atom stereocenters. The highest BCUT2D eigenvalue weighted by atomic mass is 19.3. The van der Waals surface area contributed by atoms with E-state index in [1.54, 1.807) is 30.5 Å². The summed E-state index contributed by atoms with van der Waals surface area (Å²) in [5.74, 6) is 0. The van der Waals surface area contributed by atoms with Crippen molar-refractivity contribution >= 4 is 10.9 Å². The van der Waals surface area contributed by atoms with Crippen LogP contribution in [0, 0.1) is 0 Å². The summed E-state index contributed by atoms with van der Waals surface area (Å²) in [6.45, 7) is 0. The van der Waals surface area contributed by atoms with Crippen LogP contribution in [0.4, 0.5) is 8.78 Å². The number of rotatable bonds is 3. The Labute approximate surface area is 92.3 Å². The Morgan fingerprint density at radius 1 is 1.25 bits per heavy atom. The van der Waals surface area contributed by atoms with Crippen LogP contribution in [-0.4, -0.2) is 18.5 Å². The van der Waals surface area contributed by atoms with Crippen LogP contribution in [0.2, 0.25) is 0 Å². The van der Waals surface area contributed by atoms with Gasteiger partial charge in [0, 0.05) is 11.6 Å². The summed E-state index contributed by atoms with van der Waals surface area (Å²) in [6.07, 6.45) is -0.732. The molecule has 0 saturated carbocycles. The van der Waals surface area contributed by atoms with E-state index in [-0.39, 0.29) is 0 Å². The molecule has 84 valence electrons. The van der Waals surface area contributed by atoms with Crippen LogP contribution in [0.1, 0.15) is 11.6 Å². The van der Waals surface area contributed by atoms with Crippen molar-refractivity contribution in [3.8, 4) is 0 Å². The third kappa shape index (κ3) is 2.02. The molecular formula is C12H12F2N2. The van der Waals surface area contributed by atoms with Crippen LogP contribution in [0.25, 0.3) is 10.9 Å². The van der Waals surface area contributed by atoms with E-state index in [0.29, 0.717) is 5.56 Å². The molecule has 2 rings (SSSR count). The van der Waals surface area contributed by atoms with E-state index >= 15 is 0 Å². The molecule has 1 heterocycles. The van der Waals surface area contributed by atoms with Gasteiger partial charge >= 0.3 is 0 Å². The molecule has 0 amide bonds. The zero-order chi connectivity index (χ0) is 11.5. The fraction of sp³-hybridized carbons (Fsp3) is 0.250. The average molecular weight is 222 g/mol. The number of alkyl halides is 2. The van der Waals surface area contributed by atoms with Crippen molar-refractivity contribution in [1.29, 1.82) is 0 Å². The molecule has 1 aromatic carbocycles. The second-order valence-corrected chi connectivity index (χ2v) is 3.56. The molecule has 0 aliphatic rings. The van der Waals surface area contributed by atoms with Crippen molar-refractivity contribution in [3.63, 3.8) is 0 Å². The number of halogens is 2. The number of nitrogens with zero attached hydrogens (tertiary/aromatic N) is 1. The summed E-state index contributed by atoms with van der Waals surface area (Å²) in [6, 6.07) is 7.92. The molecule has 1 N–H and O–H groups in total. The smallest absolute Gasteiger partial charge is 0.257 e. The lowest BCUT2D eigenvalue weighted by Gasteiger charge is -2.15. The highest BCUT2D eigenvalue weighted by Crippen LogP contribution is 2.23. The maximum absolute atomic E-state index is 12.7. The van der Waals surface area contributed by atoms with Gasteiger partial charge in [-0.25, -0.2) is 8.78 Å². The van der Waals surface area contributed by atoms with Gasteiger partial charge in [-0.05, 0) is 30.8 Å². The van der Waals surface area contributed by atoms with Crippen LogP contribution in [-0.2, 0) is 0 Å². The molecule has 0 aliphatic heterocycles.